The number of hydrogen-bond donors (Lipinski definition) is 2. The first-order chi connectivity index (χ1) is 11.7. The molecule has 1 aromatic carbocycles. The van der Waals surface area contributed by atoms with Crippen LogP contribution in [0.4, 0.5) is 5.82 Å². The van der Waals surface area contributed by atoms with Crippen molar-refractivity contribution in [1.29, 1.82) is 0 Å². The molecule has 3 rings (SSSR count). The van der Waals surface area contributed by atoms with Crippen molar-refractivity contribution >= 4 is 29.2 Å². The third-order valence-electron chi connectivity index (χ3n) is 4.27. The van der Waals surface area contributed by atoms with Gasteiger partial charge in [-0.05, 0) is 36.6 Å². The average Bonchev–Trinajstić information content (AvgIpc) is 2.57. The minimum absolute atomic E-state index is 0.344. The molecule has 128 valence electrons. The van der Waals surface area contributed by atoms with Gasteiger partial charge in [0, 0.05) is 41.0 Å². The summed E-state index contributed by atoms with van der Waals surface area (Å²) in [5.74, 6) is 3.47. The fraction of sp³-hybridized carbons (Fsp3) is 0.444. The van der Waals surface area contributed by atoms with Gasteiger partial charge in [-0.3, -0.25) is 0 Å². The zero-order valence-corrected chi connectivity index (χ0v) is 15.2. The van der Waals surface area contributed by atoms with E-state index in [2.05, 4.69) is 27.4 Å². The van der Waals surface area contributed by atoms with Crippen molar-refractivity contribution in [2.24, 2.45) is 5.73 Å². The second-order valence-corrected chi connectivity index (χ2v) is 7.69. The lowest BCUT2D eigenvalue weighted by molar-refractivity contribution is 0.345. The van der Waals surface area contributed by atoms with Crippen LogP contribution in [0.3, 0.4) is 0 Å². The van der Waals surface area contributed by atoms with Gasteiger partial charge in [0.25, 0.3) is 0 Å². The summed E-state index contributed by atoms with van der Waals surface area (Å²) in [6.45, 7) is 0.913. The normalized spacial score (nSPS) is 19.8. The van der Waals surface area contributed by atoms with Crippen LogP contribution in [0.25, 0.3) is 0 Å². The van der Waals surface area contributed by atoms with Gasteiger partial charge in [-0.1, -0.05) is 29.8 Å². The lowest BCUT2D eigenvalue weighted by Gasteiger charge is -2.31. The van der Waals surface area contributed by atoms with E-state index in [4.69, 9.17) is 17.3 Å². The van der Waals surface area contributed by atoms with Gasteiger partial charge in [0.1, 0.15) is 12.1 Å². The maximum absolute atomic E-state index is 6.16. The van der Waals surface area contributed by atoms with E-state index in [1.807, 2.05) is 30.0 Å². The topological polar surface area (TPSA) is 63.8 Å². The van der Waals surface area contributed by atoms with Crippen LogP contribution in [-0.2, 0) is 5.75 Å². The number of nitrogens with one attached hydrogen (secondary N) is 1. The summed E-state index contributed by atoms with van der Waals surface area (Å²) in [6, 6.07) is 10.4. The van der Waals surface area contributed by atoms with E-state index in [9.17, 15) is 0 Å². The molecule has 4 nitrogen and oxygen atoms in total. The fourth-order valence-corrected chi connectivity index (χ4v) is 4.03. The quantitative estimate of drug-likeness (QED) is 0.693. The largest absolute Gasteiger partial charge is 0.370 e. The molecule has 1 aliphatic carbocycles. The Labute approximate surface area is 152 Å². The Morgan fingerprint density at radius 2 is 2.08 bits per heavy atom. The maximum atomic E-state index is 6.16. The fourth-order valence-electron chi connectivity index (χ4n) is 2.78. The van der Waals surface area contributed by atoms with E-state index in [0.717, 1.165) is 53.8 Å². The highest BCUT2D eigenvalue weighted by Crippen LogP contribution is 2.34. The van der Waals surface area contributed by atoms with Gasteiger partial charge < -0.3 is 11.1 Å². The minimum atomic E-state index is 0.344. The zero-order valence-electron chi connectivity index (χ0n) is 13.6. The van der Waals surface area contributed by atoms with Gasteiger partial charge in [0.05, 0.1) is 0 Å². The summed E-state index contributed by atoms with van der Waals surface area (Å²) in [6.07, 6.45) is 4.81. The molecule has 1 heterocycles. The van der Waals surface area contributed by atoms with E-state index in [-0.39, 0.29) is 0 Å². The van der Waals surface area contributed by atoms with Gasteiger partial charge in [0.2, 0.25) is 0 Å². The maximum Gasteiger partial charge on any atom is 0.129 e. The van der Waals surface area contributed by atoms with Crippen molar-refractivity contribution in [3.63, 3.8) is 0 Å². The monoisotopic (exact) mass is 362 g/mol. The number of aromatic nitrogens is 2. The summed E-state index contributed by atoms with van der Waals surface area (Å²) < 4.78 is 0. The number of thioether (sulfide) groups is 1. The van der Waals surface area contributed by atoms with Crippen LogP contribution in [0.1, 0.15) is 36.4 Å². The van der Waals surface area contributed by atoms with Gasteiger partial charge in [-0.15, -0.1) is 0 Å². The van der Waals surface area contributed by atoms with Crippen molar-refractivity contribution in [3.05, 3.63) is 52.9 Å². The number of anilines is 1. The molecular formula is C18H23ClN4S. The van der Waals surface area contributed by atoms with Gasteiger partial charge in [-0.2, -0.15) is 11.8 Å². The highest BCUT2D eigenvalue weighted by molar-refractivity contribution is 7.98. The first kappa shape index (κ1) is 17.5. The smallest absolute Gasteiger partial charge is 0.129 e. The molecule has 0 radical (unpaired) electrons. The summed E-state index contributed by atoms with van der Waals surface area (Å²) in [5.41, 5.74) is 8.17. The van der Waals surface area contributed by atoms with E-state index in [0.29, 0.717) is 12.0 Å². The summed E-state index contributed by atoms with van der Waals surface area (Å²) in [5, 5.41) is 4.24. The Balaban J connectivity index is 1.35. The average molecular weight is 363 g/mol. The highest BCUT2D eigenvalue weighted by atomic mass is 35.5. The van der Waals surface area contributed by atoms with Gasteiger partial charge in [0.15, 0.2) is 0 Å². The molecule has 0 amide bonds. The van der Waals surface area contributed by atoms with E-state index >= 15 is 0 Å². The standard InChI is InChI=1S/C18H23ClN4S/c19-16-5-2-1-4-13(16)11-24-7-3-6-21-18-10-17(22-12-23-18)14-8-15(20)9-14/h1-2,4-5,10,12,14-15H,3,6-9,11,20H2,(H,21,22,23). The summed E-state index contributed by atoms with van der Waals surface area (Å²) in [4.78, 5) is 8.67. The molecule has 2 aromatic rings. The van der Waals surface area contributed by atoms with E-state index in [1.54, 1.807) is 6.33 Å². The Bertz CT molecular complexity index is 661. The van der Waals surface area contributed by atoms with Crippen LogP contribution < -0.4 is 11.1 Å². The molecule has 24 heavy (non-hydrogen) atoms. The Kier molecular flexibility index (Phi) is 6.35. The molecule has 0 bridgehead atoms. The molecule has 0 aliphatic heterocycles. The van der Waals surface area contributed by atoms with Crippen molar-refractivity contribution < 1.29 is 0 Å². The lowest BCUT2D eigenvalue weighted by atomic mass is 9.79. The number of benzene rings is 1. The highest BCUT2D eigenvalue weighted by Gasteiger charge is 2.28. The second kappa shape index (κ2) is 8.70. The van der Waals surface area contributed by atoms with Crippen molar-refractivity contribution in [3.8, 4) is 0 Å². The van der Waals surface area contributed by atoms with E-state index in [1.165, 1.54) is 5.56 Å². The molecule has 0 spiro atoms. The third kappa shape index (κ3) is 4.85. The van der Waals surface area contributed by atoms with Crippen molar-refractivity contribution in [1.82, 2.24) is 9.97 Å². The van der Waals surface area contributed by atoms with Crippen LogP contribution in [-0.4, -0.2) is 28.3 Å². The predicted molar refractivity (Wildman–Crippen MR) is 103 cm³/mol. The molecule has 1 fully saturated rings. The van der Waals surface area contributed by atoms with Gasteiger partial charge in [-0.25, -0.2) is 9.97 Å². The van der Waals surface area contributed by atoms with Crippen LogP contribution in [0, 0.1) is 0 Å². The van der Waals surface area contributed by atoms with Crippen molar-refractivity contribution in [2.45, 2.75) is 37.0 Å². The predicted octanol–water partition coefficient (Wildman–Crippen LogP) is 4.07. The summed E-state index contributed by atoms with van der Waals surface area (Å²) >= 11 is 8.07. The number of rotatable bonds is 8. The molecule has 1 aromatic heterocycles. The van der Waals surface area contributed by atoms with Crippen molar-refractivity contribution in [2.75, 3.05) is 17.6 Å². The van der Waals surface area contributed by atoms with Crippen LogP contribution in [0.2, 0.25) is 5.02 Å². The molecule has 1 saturated carbocycles. The first-order valence-electron chi connectivity index (χ1n) is 8.35. The Morgan fingerprint density at radius 3 is 2.88 bits per heavy atom. The number of nitrogens with zero attached hydrogens (tertiary/aromatic N) is 2. The first-order valence-corrected chi connectivity index (χ1v) is 9.88. The van der Waals surface area contributed by atoms with Gasteiger partial charge >= 0.3 is 0 Å². The Hall–Kier alpha value is -1.30. The Morgan fingerprint density at radius 1 is 1.25 bits per heavy atom. The summed E-state index contributed by atoms with van der Waals surface area (Å²) in [7, 11) is 0. The van der Waals surface area contributed by atoms with Crippen LogP contribution in [0.5, 0.6) is 0 Å². The third-order valence-corrected chi connectivity index (χ3v) is 5.73. The van der Waals surface area contributed by atoms with Crippen LogP contribution >= 0.6 is 23.4 Å². The minimum Gasteiger partial charge on any atom is -0.370 e. The molecule has 0 unspecified atom stereocenters. The SMILES string of the molecule is NC1CC(c2cc(NCCCSCc3ccccc3Cl)ncn2)C1. The lowest BCUT2D eigenvalue weighted by Crippen LogP contribution is -2.35. The van der Waals surface area contributed by atoms with Crippen LogP contribution in [0.15, 0.2) is 36.7 Å². The number of nitrogens with two attached hydrogens (primary N) is 1. The van der Waals surface area contributed by atoms with E-state index < -0.39 is 0 Å². The molecule has 0 saturated heterocycles. The molecule has 1 aliphatic rings. The molecule has 0 atom stereocenters. The molecule has 6 heteroatoms. The zero-order chi connectivity index (χ0) is 16.8. The molecular weight excluding hydrogens is 340 g/mol. The number of halogens is 1. The molecule has 3 N–H and O–H groups in total. The number of hydrogen-bond acceptors (Lipinski definition) is 5. The second-order valence-electron chi connectivity index (χ2n) is 6.18.